The molecule has 2 aliphatic rings. The molecule has 0 amide bonds. The third kappa shape index (κ3) is 2.94. The number of nitrogens with one attached hydrogen (secondary N) is 1. The Labute approximate surface area is 93.8 Å². The highest BCUT2D eigenvalue weighted by Gasteiger charge is 2.34. The molecule has 2 unspecified atom stereocenters. The molecule has 88 valence electrons. The lowest BCUT2D eigenvalue weighted by molar-refractivity contribution is 0.0186. The molecule has 0 spiro atoms. The fourth-order valence-corrected chi connectivity index (χ4v) is 2.95. The van der Waals surface area contributed by atoms with Crippen molar-refractivity contribution >= 4 is 0 Å². The summed E-state index contributed by atoms with van der Waals surface area (Å²) in [5.74, 6) is 0. The van der Waals surface area contributed by atoms with Crippen LogP contribution in [0.3, 0.4) is 0 Å². The Morgan fingerprint density at radius 3 is 2.60 bits per heavy atom. The molecule has 2 nitrogen and oxygen atoms in total. The second-order valence-corrected chi connectivity index (χ2v) is 6.39. The van der Waals surface area contributed by atoms with Gasteiger partial charge in [0.05, 0.1) is 5.60 Å². The molecule has 1 aliphatic heterocycles. The van der Waals surface area contributed by atoms with E-state index in [1.165, 1.54) is 32.1 Å². The lowest BCUT2D eigenvalue weighted by Crippen LogP contribution is -2.41. The van der Waals surface area contributed by atoms with Crippen molar-refractivity contribution in [2.75, 3.05) is 13.2 Å². The predicted octanol–water partition coefficient (Wildman–Crippen LogP) is 2.72. The first-order chi connectivity index (χ1) is 6.99. The summed E-state index contributed by atoms with van der Waals surface area (Å²) in [5, 5.41) is 3.69. The van der Waals surface area contributed by atoms with Crippen LogP contribution in [0.2, 0.25) is 0 Å². The van der Waals surface area contributed by atoms with E-state index in [-0.39, 0.29) is 5.60 Å². The first kappa shape index (κ1) is 11.4. The number of ether oxygens (including phenoxy) is 1. The third-order valence-electron chi connectivity index (χ3n) is 4.03. The normalized spacial score (nSPS) is 39.8. The summed E-state index contributed by atoms with van der Waals surface area (Å²) in [6, 6.07) is 0.723. The molecule has 0 aromatic rings. The number of hydrogen-bond donors (Lipinski definition) is 1. The van der Waals surface area contributed by atoms with Crippen molar-refractivity contribution in [3.05, 3.63) is 0 Å². The summed E-state index contributed by atoms with van der Waals surface area (Å²) < 4.78 is 5.79. The van der Waals surface area contributed by atoms with E-state index in [0.29, 0.717) is 5.41 Å². The second kappa shape index (κ2) is 4.06. The van der Waals surface area contributed by atoms with Crippen molar-refractivity contribution < 1.29 is 4.74 Å². The minimum atomic E-state index is 0.118. The zero-order chi connectivity index (χ0) is 10.9. The number of hydrogen-bond acceptors (Lipinski definition) is 2. The lowest BCUT2D eigenvalue weighted by atomic mass is 9.91. The fourth-order valence-electron chi connectivity index (χ4n) is 2.95. The first-order valence-corrected chi connectivity index (χ1v) is 6.37. The maximum Gasteiger partial charge on any atom is 0.0779 e. The maximum absolute atomic E-state index is 5.79. The largest absolute Gasteiger partial charge is 0.374 e. The molecule has 1 aliphatic carbocycles. The smallest absolute Gasteiger partial charge is 0.0779 e. The standard InChI is InChI=1S/C13H25NO/c1-12(2)7-5-11(9-12)14-10-13(3)6-4-8-15-13/h11,14H,4-10H2,1-3H3. The molecule has 1 saturated heterocycles. The highest BCUT2D eigenvalue weighted by Crippen LogP contribution is 2.37. The Morgan fingerprint density at radius 1 is 1.27 bits per heavy atom. The molecule has 0 aromatic carbocycles. The van der Waals surface area contributed by atoms with Crippen molar-refractivity contribution in [1.29, 1.82) is 0 Å². The van der Waals surface area contributed by atoms with Crippen LogP contribution in [0.5, 0.6) is 0 Å². The summed E-state index contributed by atoms with van der Waals surface area (Å²) in [7, 11) is 0. The van der Waals surface area contributed by atoms with Gasteiger partial charge in [-0.2, -0.15) is 0 Å². The van der Waals surface area contributed by atoms with E-state index < -0.39 is 0 Å². The van der Waals surface area contributed by atoms with Crippen LogP contribution in [0.15, 0.2) is 0 Å². The van der Waals surface area contributed by atoms with Gasteiger partial charge in [0.15, 0.2) is 0 Å². The van der Waals surface area contributed by atoms with Gasteiger partial charge in [0.1, 0.15) is 0 Å². The van der Waals surface area contributed by atoms with E-state index in [1.54, 1.807) is 0 Å². The van der Waals surface area contributed by atoms with Crippen molar-refractivity contribution in [2.45, 2.75) is 64.5 Å². The molecule has 0 radical (unpaired) electrons. The van der Waals surface area contributed by atoms with Crippen molar-refractivity contribution in [3.63, 3.8) is 0 Å². The van der Waals surface area contributed by atoms with E-state index in [2.05, 4.69) is 26.1 Å². The maximum atomic E-state index is 5.79. The first-order valence-electron chi connectivity index (χ1n) is 6.37. The molecular weight excluding hydrogens is 186 g/mol. The van der Waals surface area contributed by atoms with Crippen LogP contribution in [0.4, 0.5) is 0 Å². The number of rotatable bonds is 3. The SMILES string of the molecule is CC1(C)CCC(NCC2(C)CCCO2)C1. The van der Waals surface area contributed by atoms with Gasteiger partial charge in [-0.15, -0.1) is 0 Å². The summed E-state index contributed by atoms with van der Waals surface area (Å²) in [6.07, 6.45) is 6.47. The van der Waals surface area contributed by atoms with Crippen LogP contribution in [0.25, 0.3) is 0 Å². The van der Waals surface area contributed by atoms with Gasteiger partial charge in [-0.05, 0) is 44.4 Å². The van der Waals surface area contributed by atoms with Crippen LogP contribution in [-0.4, -0.2) is 24.8 Å². The quantitative estimate of drug-likeness (QED) is 0.775. The van der Waals surface area contributed by atoms with E-state index in [1.807, 2.05) is 0 Å². The van der Waals surface area contributed by atoms with Crippen LogP contribution in [0.1, 0.15) is 52.9 Å². The van der Waals surface area contributed by atoms with Gasteiger partial charge in [0.2, 0.25) is 0 Å². The molecule has 1 heterocycles. The van der Waals surface area contributed by atoms with Crippen molar-refractivity contribution in [1.82, 2.24) is 5.32 Å². The molecule has 1 saturated carbocycles. The highest BCUT2D eigenvalue weighted by molar-refractivity contribution is 4.90. The van der Waals surface area contributed by atoms with Crippen molar-refractivity contribution in [3.8, 4) is 0 Å². The highest BCUT2D eigenvalue weighted by atomic mass is 16.5. The van der Waals surface area contributed by atoms with Crippen LogP contribution in [-0.2, 0) is 4.74 Å². The third-order valence-corrected chi connectivity index (χ3v) is 4.03. The Balaban J connectivity index is 1.74. The van der Waals surface area contributed by atoms with E-state index in [0.717, 1.165) is 19.2 Å². The lowest BCUT2D eigenvalue weighted by Gasteiger charge is -2.26. The summed E-state index contributed by atoms with van der Waals surface area (Å²) in [4.78, 5) is 0. The van der Waals surface area contributed by atoms with Gasteiger partial charge in [-0.3, -0.25) is 0 Å². The Hall–Kier alpha value is -0.0800. The van der Waals surface area contributed by atoms with Gasteiger partial charge in [0.25, 0.3) is 0 Å². The van der Waals surface area contributed by atoms with Crippen LogP contribution >= 0.6 is 0 Å². The van der Waals surface area contributed by atoms with E-state index >= 15 is 0 Å². The summed E-state index contributed by atoms with van der Waals surface area (Å²) in [6.45, 7) is 8.99. The van der Waals surface area contributed by atoms with Crippen LogP contribution < -0.4 is 5.32 Å². The summed E-state index contributed by atoms with van der Waals surface area (Å²) in [5.41, 5.74) is 0.668. The average Bonchev–Trinajstić information content (AvgIpc) is 2.70. The van der Waals surface area contributed by atoms with Gasteiger partial charge < -0.3 is 10.1 Å². The zero-order valence-corrected chi connectivity index (χ0v) is 10.4. The molecule has 2 atom stereocenters. The Bertz CT molecular complexity index is 219. The molecule has 2 heteroatoms. The summed E-state index contributed by atoms with van der Waals surface area (Å²) >= 11 is 0. The minimum Gasteiger partial charge on any atom is -0.374 e. The van der Waals surface area contributed by atoms with E-state index in [4.69, 9.17) is 4.74 Å². The Morgan fingerprint density at radius 2 is 2.07 bits per heavy atom. The minimum absolute atomic E-state index is 0.118. The van der Waals surface area contributed by atoms with Gasteiger partial charge in [-0.1, -0.05) is 13.8 Å². The van der Waals surface area contributed by atoms with Gasteiger partial charge in [-0.25, -0.2) is 0 Å². The van der Waals surface area contributed by atoms with E-state index in [9.17, 15) is 0 Å². The Kier molecular flexibility index (Phi) is 3.09. The second-order valence-electron chi connectivity index (χ2n) is 6.39. The predicted molar refractivity (Wildman–Crippen MR) is 63.0 cm³/mol. The average molecular weight is 211 g/mol. The van der Waals surface area contributed by atoms with Gasteiger partial charge >= 0.3 is 0 Å². The fraction of sp³-hybridized carbons (Fsp3) is 1.00. The molecular formula is C13H25NO. The molecule has 2 rings (SSSR count). The van der Waals surface area contributed by atoms with Gasteiger partial charge in [0, 0.05) is 19.2 Å². The molecule has 0 bridgehead atoms. The molecule has 0 aromatic heterocycles. The molecule has 1 N–H and O–H groups in total. The topological polar surface area (TPSA) is 21.3 Å². The molecule has 2 fully saturated rings. The molecule has 15 heavy (non-hydrogen) atoms. The monoisotopic (exact) mass is 211 g/mol. The van der Waals surface area contributed by atoms with Crippen molar-refractivity contribution in [2.24, 2.45) is 5.41 Å². The van der Waals surface area contributed by atoms with Crippen LogP contribution in [0, 0.1) is 5.41 Å². The zero-order valence-electron chi connectivity index (χ0n) is 10.4.